The van der Waals surface area contributed by atoms with Crippen molar-refractivity contribution in [1.29, 1.82) is 0 Å². The first-order valence-corrected chi connectivity index (χ1v) is 6.91. The summed E-state index contributed by atoms with van der Waals surface area (Å²) in [5.41, 5.74) is 0.947. The Kier molecular flexibility index (Phi) is 3.05. The van der Waals surface area contributed by atoms with Crippen LogP contribution in [0.2, 0.25) is 0 Å². The molecular weight excluding hydrogens is 234 g/mol. The highest BCUT2D eigenvalue weighted by Crippen LogP contribution is 2.40. The van der Waals surface area contributed by atoms with Gasteiger partial charge in [0.05, 0.1) is 11.6 Å². The highest BCUT2D eigenvalue weighted by atomic mass is 35.5. The molecule has 2 unspecified atom stereocenters. The SMILES string of the molecule is CN1C2CCC1CC(c1nccc(CCl)n1)C2. The van der Waals surface area contributed by atoms with Crippen LogP contribution in [0.5, 0.6) is 0 Å². The van der Waals surface area contributed by atoms with Gasteiger partial charge in [-0.3, -0.25) is 0 Å². The zero-order chi connectivity index (χ0) is 11.8. The Morgan fingerprint density at radius 3 is 2.71 bits per heavy atom. The molecule has 3 rings (SSSR count). The van der Waals surface area contributed by atoms with Gasteiger partial charge in [0.1, 0.15) is 5.82 Å². The predicted octanol–water partition coefficient (Wildman–Crippen LogP) is 2.56. The minimum Gasteiger partial charge on any atom is -0.300 e. The van der Waals surface area contributed by atoms with Crippen molar-refractivity contribution in [2.24, 2.45) is 0 Å². The molecule has 3 nitrogen and oxygen atoms in total. The lowest BCUT2D eigenvalue weighted by atomic mass is 9.90. The van der Waals surface area contributed by atoms with E-state index in [0.29, 0.717) is 11.8 Å². The summed E-state index contributed by atoms with van der Waals surface area (Å²) in [4.78, 5) is 11.6. The van der Waals surface area contributed by atoms with Crippen LogP contribution in [-0.4, -0.2) is 34.0 Å². The fourth-order valence-corrected chi connectivity index (χ4v) is 3.46. The Morgan fingerprint density at radius 2 is 2.06 bits per heavy atom. The van der Waals surface area contributed by atoms with Gasteiger partial charge in [-0.25, -0.2) is 9.97 Å². The van der Waals surface area contributed by atoms with E-state index in [2.05, 4.69) is 21.9 Å². The quantitative estimate of drug-likeness (QED) is 0.757. The minimum atomic E-state index is 0.481. The van der Waals surface area contributed by atoms with Crippen LogP contribution in [0.15, 0.2) is 12.3 Å². The van der Waals surface area contributed by atoms with E-state index < -0.39 is 0 Å². The van der Waals surface area contributed by atoms with Crippen LogP contribution >= 0.6 is 11.6 Å². The molecule has 0 aromatic carbocycles. The number of alkyl halides is 1. The van der Waals surface area contributed by atoms with Crippen LogP contribution < -0.4 is 0 Å². The molecule has 2 saturated heterocycles. The molecule has 0 N–H and O–H groups in total. The number of piperidine rings is 1. The molecule has 2 aliphatic rings. The minimum absolute atomic E-state index is 0.481. The van der Waals surface area contributed by atoms with Crippen molar-refractivity contribution >= 4 is 11.6 Å². The largest absolute Gasteiger partial charge is 0.300 e. The Hall–Kier alpha value is -0.670. The third-order valence-electron chi connectivity index (χ3n) is 4.33. The molecule has 17 heavy (non-hydrogen) atoms. The van der Waals surface area contributed by atoms with Gasteiger partial charge in [0.25, 0.3) is 0 Å². The average Bonchev–Trinajstić information content (AvgIpc) is 2.61. The van der Waals surface area contributed by atoms with Gasteiger partial charge in [-0.2, -0.15) is 0 Å². The Balaban J connectivity index is 1.81. The zero-order valence-electron chi connectivity index (χ0n) is 10.1. The van der Waals surface area contributed by atoms with Gasteiger partial charge in [-0.1, -0.05) is 0 Å². The highest BCUT2D eigenvalue weighted by Gasteiger charge is 2.39. The molecule has 2 bridgehead atoms. The van der Waals surface area contributed by atoms with Crippen LogP contribution in [-0.2, 0) is 5.88 Å². The maximum Gasteiger partial charge on any atom is 0.131 e. The molecule has 2 aliphatic heterocycles. The summed E-state index contributed by atoms with van der Waals surface area (Å²) in [5, 5.41) is 0. The molecule has 1 aromatic rings. The number of aromatic nitrogens is 2. The first kappa shape index (κ1) is 11.4. The first-order valence-electron chi connectivity index (χ1n) is 6.37. The van der Waals surface area contributed by atoms with E-state index >= 15 is 0 Å². The fraction of sp³-hybridized carbons (Fsp3) is 0.692. The number of hydrogen-bond donors (Lipinski definition) is 0. The number of fused-ring (bicyclic) bond motifs is 2. The van der Waals surface area contributed by atoms with Crippen molar-refractivity contribution < 1.29 is 0 Å². The van der Waals surface area contributed by atoms with E-state index in [0.717, 1.165) is 23.6 Å². The normalized spacial score (nSPS) is 32.9. The van der Waals surface area contributed by atoms with Crippen LogP contribution in [0.4, 0.5) is 0 Å². The van der Waals surface area contributed by atoms with E-state index in [9.17, 15) is 0 Å². The van der Waals surface area contributed by atoms with Gasteiger partial charge in [-0.15, -0.1) is 11.6 Å². The molecule has 0 amide bonds. The summed E-state index contributed by atoms with van der Waals surface area (Å²) in [7, 11) is 2.26. The van der Waals surface area contributed by atoms with Gasteiger partial charge >= 0.3 is 0 Å². The van der Waals surface area contributed by atoms with E-state index in [-0.39, 0.29) is 0 Å². The van der Waals surface area contributed by atoms with Crippen molar-refractivity contribution in [2.45, 2.75) is 49.6 Å². The molecule has 0 saturated carbocycles. The summed E-state index contributed by atoms with van der Waals surface area (Å²) < 4.78 is 0. The molecule has 0 spiro atoms. The van der Waals surface area contributed by atoms with Crippen molar-refractivity contribution in [3.63, 3.8) is 0 Å². The number of nitrogens with zero attached hydrogens (tertiary/aromatic N) is 3. The lowest BCUT2D eigenvalue weighted by Gasteiger charge is -2.35. The van der Waals surface area contributed by atoms with Crippen LogP contribution in [0.25, 0.3) is 0 Å². The second kappa shape index (κ2) is 4.54. The number of rotatable bonds is 2. The van der Waals surface area contributed by atoms with E-state index in [4.69, 9.17) is 11.6 Å². The van der Waals surface area contributed by atoms with Crippen molar-refractivity contribution in [1.82, 2.24) is 14.9 Å². The lowest BCUT2D eigenvalue weighted by Crippen LogP contribution is -2.39. The van der Waals surface area contributed by atoms with Crippen LogP contribution in [0.1, 0.15) is 43.1 Å². The molecule has 4 heteroatoms. The van der Waals surface area contributed by atoms with Gasteiger partial charge in [-0.05, 0) is 38.8 Å². The van der Waals surface area contributed by atoms with E-state index in [1.165, 1.54) is 25.7 Å². The van der Waals surface area contributed by atoms with Crippen molar-refractivity contribution in [3.05, 3.63) is 23.8 Å². The molecule has 92 valence electrons. The van der Waals surface area contributed by atoms with E-state index in [1.807, 2.05) is 12.3 Å². The molecule has 3 heterocycles. The standard InChI is InChI=1S/C13H18ClN3/c1-17-11-2-3-12(17)7-9(6-11)13-15-5-4-10(8-14)16-13/h4-5,9,11-12H,2-3,6-8H2,1H3. The topological polar surface area (TPSA) is 29.0 Å². The summed E-state index contributed by atoms with van der Waals surface area (Å²) in [6, 6.07) is 3.38. The number of hydrogen-bond acceptors (Lipinski definition) is 3. The molecule has 1 aromatic heterocycles. The van der Waals surface area contributed by atoms with Gasteiger partial charge < -0.3 is 4.90 Å². The lowest BCUT2D eigenvalue weighted by molar-refractivity contribution is 0.159. The third kappa shape index (κ3) is 2.06. The molecular formula is C13H18ClN3. The Morgan fingerprint density at radius 1 is 1.35 bits per heavy atom. The molecule has 0 aliphatic carbocycles. The van der Waals surface area contributed by atoms with Crippen LogP contribution in [0.3, 0.4) is 0 Å². The smallest absolute Gasteiger partial charge is 0.131 e. The van der Waals surface area contributed by atoms with Gasteiger partial charge in [0.2, 0.25) is 0 Å². The molecule has 0 radical (unpaired) electrons. The van der Waals surface area contributed by atoms with Crippen molar-refractivity contribution in [2.75, 3.05) is 7.05 Å². The van der Waals surface area contributed by atoms with Gasteiger partial charge in [0, 0.05) is 24.2 Å². The Bertz CT molecular complexity index is 395. The average molecular weight is 252 g/mol. The van der Waals surface area contributed by atoms with Crippen molar-refractivity contribution in [3.8, 4) is 0 Å². The summed E-state index contributed by atoms with van der Waals surface area (Å²) >= 11 is 5.83. The fourth-order valence-electron chi connectivity index (χ4n) is 3.31. The first-order chi connectivity index (χ1) is 8.28. The second-order valence-electron chi connectivity index (χ2n) is 5.26. The second-order valence-corrected chi connectivity index (χ2v) is 5.53. The van der Waals surface area contributed by atoms with Gasteiger partial charge in [0.15, 0.2) is 0 Å². The monoisotopic (exact) mass is 251 g/mol. The predicted molar refractivity (Wildman–Crippen MR) is 68.1 cm³/mol. The third-order valence-corrected chi connectivity index (χ3v) is 4.61. The van der Waals surface area contributed by atoms with Crippen LogP contribution in [0, 0.1) is 0 Å². The Labute approximate surface area is 107 Å². The molecule has 2 fully saturated rings. The highest BCUT2D eigenvalue weighted by molar-refractivity contribution is 6.16. The molecule has 2 atom stereocenters. The summed E-state index contributed by atoms with van der Waals surface area (Å²) in [6.45, 7) is 0. The zero-order valence-corrected chi connectivity index (χ0v) is 10.9. The summed E-state index contributed by atoms with van der Waals surface area (Å²) in [5.74, 6) is 2.02. The summed E-state index contributed by atoms with van der Waals surface area (Å²) in [6.07, 6.45) is 6.94. The number of halogens is 1. The van der Waals surface area contributed by atoms with E-state index in [1.54, 1.807) is 0 Å². The maximum atomic E-state index is 5.83. The maximum absolute atomic E-state index is 5.83.